The molecule has 0 radical (unpaired) electrons. The first-order valence-corrected chi connectivity index (χ1v) is 10.9. The van der Waals surface area contributed by atoms with Crippen molar-refractivity contribution in [2.75, 3.05) is 13.2 Å². The predicted octanol–water partition coefficient (Wildman–Crippen LogP) is 2.91. The lowest BCUT2D eigenvalue weighted by Gasteiger charge is -2.80. The Bertz CT molecular complexity index is 710. The molecule has 0 aromatic heterocycles. The van der Waals surface area contributed by atoms with Crippen molar-refractivity contribution in [2.45, 2.75) is 76.5 Å². The van der Waals surface area contributed by atoms with E-state index < -0.39 is 0 Å². The smallest absolute Gasteiger partial charge is 0.119 e. The quantitative estimate of drug-likeness (QED) is 0.677. The molecule has 2 spiro atoms. The third-order valence-electron chi connectivity index (χ3n) is 10.3. The van der Waals surface area contributed by atoms with Crippen LogP contribution in [0.15, 0.2) is 12.2 Å². The molecule has 10 atom stereocenters. The zero-order chi connectivity index (χ0) is 17.5. The first-order chi connectivity index (χ1) is 12.5. The van der Waals surface area contributed by atoms with Gasteiger partial charge in [-0.2, -0.15) is 0 Å². The van der Waals surface area contributed by atoms with Gasteiger partial charge in [-0.25, -0.2) is 4.90 Å². The number of aliphatic hydroxyl groups excluding tert-OH is 1. The molecule has 4 nitrogen and oxygen atoms in total. The van der Waals surface area contributed by atoms with Crippen molar-refractivity contribution in [3.05, 3.63) is 12.2 Å². The highest BCUT2D eigenvalue weighted by atomic mass is 16.6. The van der Waals surface area contributed by atoms with Gasteiger partial charge >= 0.3 is 0 Å². The lowest BCUT2D eigenvalue weighted by atomic mass is 9.32. The molecular weight excluding hydrogens is 326 g/mol. The number of hydrogen-bond acceptors (Lipinski definition) is 4. The number of rotatable bonds is 0. The van der Waals surface area contributed by atoms with Gasteiger partial charge in [0.15, 0.2) is 0 Å². The van der Waals surface area contributed by atoms with E-state index in [0.29, 0.717) is 17.8 Å². The Morgan fingerprint density at radius 1 is 1.23 bits per heavy atom. The number of piperidine rings is 1. The molecule has 0 unspecified atom stereocenters. The zero-order valence-corrected chi connectivity index (χ0v) is 15.8. The van der Waals surface area contributed by atoms with Crippen molar-refractivity contribution in [1.82, 2.24) is 4.90 Å². The molecule has 9 rings (SSSR count). The fourth-order valence-corrected chi connectivity index (χ4v) is 9.80. The van der Waals surface area contributed by atoms with Crippen LogP contribution in [0.1, 0.15) is 51.9 Å². The summed E-state index contributed by atoms with van der Waals surface area (Å²) in [5.41, 5.74) is 1.80. The van der Waals surface area contributed by atoms with Crippen molar-refractivity contribution in [2.24, 2.45) is 34.0 Å². The monoisotopic (exact) mass is 357 g/mol. The average Bonchev–Trinajstić information content (AvgIpc) is 3.11. The molecule has 0 aromatic rings. The minimum atomic E-state index is -0.332. The molecule has 1 N–H and O–H groups in total. The molecule has 9 aliphatic rings. The fourth-order valence-electron chi connectivity index (χ4n) is 9.80. The van der Waals surface area contributed by atoms with Gasteiger partial charge in [-0.15, -0.1) is 0 Å². The number of aliphatic hydroxyl groups is 1. The van der Waals surface area contributed by atoms with Gasteiger partial charge in [0.1, 0.15) is 12.5 Å². The standard InChI is InChI=1S/C22H31NO3/c1-12-11-21-7-4-13(12)10-14(21)22-6-3-5-20(2)16(22)15(24)17(21)26-19(22)23-8-9-25-18(20)23/h13-19,24H,1,3-11H2,2H3/t13-,14-,15-,16+,17+,18+,19+,20+,21+,22+/m0/s1. The Balaban J connectivity index is 1.47. The van der Waals surface area contributed by atoms with Crippen molar-refractivity contribution in [3.8, 4) is 0 Å². The first kappa shape index (κ1) is 15.5. The Labute approximate surface area is 155 Å². The van der Waals surface area contributed by atoms with E-state index in [4.69, 9.17) is 9.47 Å². The van der Waals surface area contributed by atoms with Gasteiger partial charge in [-0.3, -0.25) is 0 Å². The highest BCUT2D eigenvalue weighted by Crippen LogP contribution is 2.79. The van der Waals surface area contributed by atoms with Gasteiger partial charge in [0.2, 0.25) is 0 Å². The molecule has 26 heavy (non-hydrogen) atoms. The van der Waals surface area contributed by atoms with Crippen LogP contribution in [0.5, 0.6) is 0 Å². The summed E-state index contributed by atoms with van der Waals surface area (Å²) in [4.78, 5) is 2.57. The summed E-state index contributed by atoms with van der Waals surface area (Å²) in [6.07, 6.45) is 8.57. The summed E-state index contributed by atoms with van der Waals surface area (Å²) in [5.74, 6) is 1.76. The van der Waals surface area contributed by atoms with Gasteiger partial charge in [0.25, 0.3) is 0 Å². The molecule has 5 saturated carbocycles. The summed E-state index contributed by atoms with van der Waals surface area (Å²) in [6, 6.07) is 0. The van der Waals surface area contributed by atoms with Gasteiger partial charge in [0.05, 0.1) is 18.8 Å². The van der Waals surface area contributed by atoms with Gasteiger partial charge < -0.3 is 14.6 Å². The van der Waals surface area contributed by atoms with E-state index in [1.807, 2.05) is 0 Å². The van der Waals surface area contributed by atoms with Crippen LogP contribution < -0.4 is 0 Å². The second-order valence-corrected chi connectivity index (χ2v) is 10.9. The molecule has 142 valence electrons. The topological polar surface area (TPSA) is 41.9 Å². The predicted molar refractivity (Wildman–Crippen MR) is 96.0 cm³/mol. The molecule has 5 aliphatic carbocycles. The third-order valence-corrected chi connectivity index (χ3v) is 10.3. The van der Waals surface area contributed by atoms with E-state index in [-0.39, 0.29) is 40.9 Å². The van der Waals surface area contributed by atoms with Crippen LogP contribution >= 0.6 is 0 Å². The number of hydrogen-bond donors (Lipinski definition) is 1. The molecular formula is C22H31NO3. The summed E-state index contributed by atoms with van der Waals surface area (Å²) in [5, 5.41) is 11.7. The van der Waals surface area contributed by atoms with Crippen molar-refractivity contribution < 1.29 is 14.6 Å². The second kappa shape index (κ2) is 4.42. The molecule has 9 fully saturated rings. The average molecular weight is 357 g/mol. The van der Waals surface area contributed by atoms with Gasteiger partial charge in [-0.05, 0) is 50.4 Å². The van der Waals surface area contributed by atoms with Crippen LogP contribution in [0.4, 0.5) is 0 Å². The highest BCUT2D eigenvalue weighted by Gasteiger charge is 2.81. The molecule has 7 bridgehead atoms. The highest BCUT2D eigenvalue weighted by molar-refractivity contribution is 5.31. The molecule has 4 heteroatoms. The van der Waals surface area contributed by atoms with Gasteiger partial charge in [-0.1, -0.05) is 25.5 Å². The second-order valence-electron chi connectivity index (χ2n) is 10.9. The minimum Gasteiger partial charge on any atom is -0.390 e. The zero-order valence-electron chi connectivity index (χ0n) is 15.8. The van der Waals surface area contributed by atoms with E-state index in [1.165, 1.54) is 44.1 Å². The normalized spacial score (nSPS) is 65.2. The van der Waals surface area contributed by atoms with Crippen LogP contribution in [0, 0.1) is 34.0 Å². The van der Waals surface area contributed by atoms with Crippen LogP contribution in [0.3, 0.4) is 0 Å². The SMILES string of the molecule is C=C1C[C@]23CC[C@H]1C[C@@H]2[C@]12CCC[C@]4(C)[C@H]1[C@H](O)[C@H]3O[C@H]2N1CCO[C@@H]14. The van der Waals surface area contributed by atoms with E-state index in [2.05, 4.69) is 18.4 Å². The molecule has 4 aliphatic heterocycles. The summed E-state index contributed by atoms with van der Waals surface area (Å²) in [6.45, 7) is 8.68. The van der Waals surface area contributed by atoms with Crippen LogP contribution in [-0.2, 0) is 9.47 Å². The Hall–Kier alpha value is -0.420. The maximum absolute atomic E-state index is 11.7. The van der Waals surface area contributed by atoms with E-state index in [1.54, 1.807) is 0 Å². The number of allylic oxidation sites excluding steroid dienone is 1. The number of ether oxygens (including phenoxy) is 2. The molecule has 4 heterocycles. The number of fused-ring (bicyclic) bond motifs is 4. The van der Waals surface area contributed by atoms with Crippen LogP contribution in [-0.4, -0.2) is 47.8 Å². The first-order valence-electron chi connectivity index (χ1n) is 10.9. The maximum atomic E-state index is 11.7. The van der Waals surface area contributed by atoms with Crippen molar-refractivity contribution in [1.29, 1.82) is 0 Å². The fraction of sp³-hybridized carbons (Fsp3) is 0.909. The van der Waals surface area contributed by atoms with E-state index in [9.17, 15) is 5.11 Å². The molecule has 4 saturated heterocycles. The summed E-state index contributed by atoms with van der Waals surface area (Å²) >= 11 is 0. The molecule has 0 amide bonds. The van der Waals surface area contributed by atoms with Gasteiger partial charge in [0, 0.05) is 28.7 Å². The molecule has 0 aromatic carbocycles. The van der Waals surface area contributed by atoms with Crippen molar-refractivity contribution >= 4 is 0 Å². The van der Waals surface area contributed by atoms with Crippen LogP contribution in [0.2, 0.25) is 0 Å². The summed E-state index contributed by atoms with van der Waals surface area (Å²) < 4.78 is 13.2. The summed E-state index contributed by atoms with van der Waals surface area (Å²) in [7, 11) is 0. The van der Waals surface area contributed by atoms with E-state index >= 15 is 0 Å². The maximum Gasteiger partial charge on any atom is 0.119 e. The third kappa shape index (κ3) is 1.34. The number of nitrogens with zero attached hydrogens (tertiary/aromatic N) is 1. The Morgan fingerprint density at radius 3 is 2.96 bits per heavy atom. The Kier molecular flexibility index (Phi) is 2.64. The minimum absolute atomic E-state index is 0.00125. The lowest BCUT2D eigenvalue weighted by Crippen LogP contribution is -2.85. The largest absolute Gasteiger partial charge is 0.390 e. The Morgan fingerprint density at radius 2 is 2.12 bits per heavy atom. The van der Waals surface area contributed by atoms with Crippen LogP contribution in [0.25, 0.3) is 0 Å². The van der Waals surface area contributed by atoms with E-state index in [0.717, 1.165) is 19.6 Å². The van der Waals surface area contributed by atoms with Crippen molar-refractivity contribution in [3.63, 3.8) is 0 Å². The lowest BCUT2D eigenvalue weighted by molar-refractivity contribution is -0.438.